The van der Waals surface area contributed by atoms with E-state index in [1.165, 1.54) is 17.0 Å². The van der Waals surface area contributed by atoms with Gasteiger partial charge in [0.15, 0.2) is 0 Å². The zero-order valence-electron chi connectivity index (χ0n) is 18.5. The lowest BCUT2D eigenvalue weighted by Crippen LogP contribution is -2.30. The zero-order valence-corrected chi connectivity index (χ0v) is 21.6. The maximum absolute atomic E-state index is 12.8. The lowest BCUT2D eigenvalue weighted by molar-refractivity contribution is -0.384. The number of hydrogen-bond donors (Lipinski definition) is 1. The van der Waals surface area contributed by atoms with Gasteiger partial charge in [-0.1, -0.05) is 29.8 Å². The monoisotopic (exact) mass is 599 g/mol. The van der Waals surface area contributed by atoms with E-state index in [1.807, 2.05) is 31.2 Å². The fourth-order valence-corrected chi connectivity index (χ4v) is 4.88. The molecule has 1 aliphatic rings. The summed E-state index contributed by atoms with van der Waals surface area (Å²) in [5.74, 6) is 0.134. The van der Waals surface area contributed by atoms with Crippen LogP contribution in [0.5, 0.6) is 5.75 Å². The Morgan fingerprint density at radius 3 is 2.20 bits per heavy atom. The summed E-state index contributed by atoms with van der Waals surface area (Å²) in [6.45, 7) is 2.36. The molecule has 0 bridgehead atoms. The van der Waals surface area contributed by atoms with Gasteiger partial charge in [-0.3, -0.25) is 19.8 Å². The molecule has 4 rings (SSSR count). The van der Waals surface area contributed by atoms with Crippen molar-refractivity contribution in [2.75, 3.05) is 0 Å². The van der Waals surface area contributed by atoms with E-state index in [9.17, 15) is 19.7 Å². The number of carbonyl (C=O) groups is 2. The van der Waals surface area contributed by atoms with Gasteiger partial charge < -0.3 is 10.1 Å². The number of ether oxygens (including phenoxy) is 1. The summed E-state index contributed by atoms with van der Waals surface area (Å²) < 4.78 is 7.15. The van der Waals surface area contributed by atoms with Crippen LogP contribution in [0, 0.1) is 17.0 Å². The lowest BCUT2D eigenvalue weighted by Gasteiger charge is -2.12. The normalized spacial score (nSPS) is 14.4. The number of halogens is 2. The van der Waals surface area contributed by atoms with Gasteiger partial charge in [0.2, 0.25) is 0 Å². The highest BCUT2D eigenvalue weighted by Crippen LogP contribution is 2.36. The Kier molecular flexibility index (Phi) is 7.32. The molecule has 3 amide bonds. The third-order valence-electron chi connectivity index (χ3n) is 5.29. The molecule has 1 fully saturated rings. The fraction of sp³-hybridized carbons (Fsp3) is 0.120. The van der Waals surface area contributed by atoms with Gasteiger partial charge in [-0.15, -0.1) is 0 Å². The zero-order chi connectivity index (χ0) is 25.1. The van der Waals surface area contributed by atoms with Crippen molar-refractivity contribution in [2.24, 2.45) is 0 Å². The van der Waals surface area contributed by atoms with Gasteiger partial charge in [0.25, 0.3) is 11.6 Å². The van der Waals surface area contributed by atoms with Crippen LogP contribution in [-0.4, -0.2) is 21.8 Å². The molecule has 0 radical (unpaired) electrons. The van der Waals surface area contributed by atoms with Crippen molar-refractivity contribution < 1.29 is 19.2 Å². The second-order valence-electron chi connectivity index (χ2n) is 7.89. The number of aryl methyl sites for hydroxylation is 1. The van der Waals surface area contributed by atoms with Crippen LogP contribution in [0.25, 0.3) is 6.08 Å². The van der Waals surface area contributed by atoms with Crippen LogP contribution in [0.4, 0.5) is 10.5 Å². The summed E-state index contributed by atoms with van der Waals surface area (Å²) in [5.41, 5.74) is 3.60. The van der Waals surface area contributed by atoms with Crippen molar-refractivity contribution in [1.29, 1.82) is 0 Å². The molecule has 1 N–H and O–H groups in total. The van der Waals surface area contributed by atoms with E-state index in [-0.39, 0.29) is 24.5 Å². The van der Waals surface area contributed by atoms with Crippen LogP contribution < -0.4 is 10.1 Å². The molecule has 1 heterocycles. The molecule has 35 heavy (non-hydrogen) atoms. The lowest BCUT2D eigenvalue weighted by atomic mass is 10.1. The van der Waals surface area contributed by atoms with Crippen molar-refractivity contribution in [2.45, 2.75) is 20.1 Å². The van der Waals surface area contributed by atoms with Gasteiger partial charge >= 0.3 is 6.03 Å². The van der Waals surface area contributed by atoms with Crippen molar-refractivity contribution in [1.82, 2.24) is 10.2 Å². The minimum absolute atomic E-state index is 0.0134. The predicted octanol–water partition coefficient (Wildman–Crippen LogP) is 6.10. The highest BCUT2D eigenvalue weighted by atomic mass is 79.9. The number of imide groups is 1. The Morgan fingerprint density at radius 2 is 1.60 bits per heavy atom. The number of hydrogen-bond acceptors (Lipinski definition) is 5. The van der Waals surface area contributed by atoms with Crippen molar-refractivity contribution in [3.8, 4) is 5.75 Å². The Morgan fingerprint density at radius 1 is 1.00 bits per heavy atom. The van der Waals surface area contributed by atoms with E-state index in [4.69, 9.17) is 4.74 Å². The van der Waals surface area contributed by atoms with E-state index >= 15 is 0 Å². The number of amides is 3. The Balaban J connectivity index is 1.47. The summed E-state index contributed by atoms with van der Waals surface area (Å²) in [4.78, 5) is 36.7. The standard InChI is InChI=1S/C25H19Br2N3O5/c1-15-2-4-16(5-3-15)13-29-24(31)22(28-25(29)32)12-18-10-20(26)23(21(27)11-18)35-14-17-6-8-19(9-7-17)30(33)34/h2-12H,13-14H2,1H3,(H,28,32)/b22-12+. The predicted molar refractivity (Wildman–Crippen MR) is 138 cm³/mol. The number of benzene rings is 3. The third-order valence-corrected chi connectivity index (χ3v) is 6.46. The van der Waals surface area contributed by atoms with Crippen LogP contribution in [0.1, 0.15) is 22.3 Å². The SMILES string of the molecule is Cc1ccc(CN2C(=O)N/C(=C/c3cc(Br)c(OCc4ccc([N+](=O)[O-])cc4)c(Br)c3)C2=O)cc1. The second-order valence-corrected chi connectivity index (χ2v) is 9.60. The molecule has 3 aromatic carbocycles. The number of nitro groups is 1. The first-order valence-corrected chi connectivity index (χ1v) is 12.0. The molecule has 0 saturated carbocycles. The van der Waals surface area contributed by atoms with E-state index in [2.05, 4.69) is 37.2 Å². The highest BCUT2D eigenvalue weighted by molar-refractivity contribution is 9.11. The molecule has 0 aliphatic carbocycles. The molecule has 8 nitrogen and oxygen atoms in total. The number of non-ortho nitro benzene ring substituents is 1. The Bertz CT molecular complexity index is 1320. The van der Waals surface area contributed by atoms with Gasteiger partial charge in [-0.2, -0.15) is 0 Å². The van der Waals surface area contributed by atoms with Gasteiger partial charge in [-0.25, -0.2) is 4.79 Å². The van der Waals surface area contributed by atoms with Crippen LogP contribution in [0.2, 0.25) is 0 Å². The summed E-state index contributed by atoms with van der Waals surface area (Å²) in [6, 6.07) is 16.8. The molecule has 0 atom stereocenters. The number of nitrogens with zero attached hydrogens (tertiary/aromatic N) is 2. The van der Waals surface area contributed by atoms with E-state index < -0.39 is 16.9 Å². The van der Waals surface area contributed by atoms with Crippen molar-refractivity contribution >= 4 is 55.6 Å². The molecule has 178 valence electrons. The minimum atomic E-state index is -0.469. The molecule has 3 aromatic rings. The average molecular weight is 601 g/mol. The van der Waals surface area contributed by atoms with E-state index in [0.29, 0.717) is 20.3 Å². The van der Waals surface area contributed by atoms with Crippen LogP contribution in [0.15, 0.2) is 75.3 Å². The molecule has 1 aliphatic heterocycles. The maximum atomic E-state index is 12.8. The largest absolute Gasteiger partial charge is 0.487 e. The fourth-order valence-electron chi connectivity index (χ4n) is 3.43. The van der Waals surface area contributed by atoms with Crippen LogP contribution >= 0.6 is 31.9 Å². The number of nitrogens with one attached hydrogen (secondary N) is 1. The summed E-state index contributed by atoms with van der Waals surface area (Å²) in [5, 5.41) is 13.4. The van der Waals surface area contributed by atoms with Gasteiger partial charge in [0, 0.05) is 12.1 Å². The number of rotatable bonds is 7. The number of urea groups is 1. The minimum Gasteiger partial charge on any atom is -0.487 e. The smallest absolute Gasteiger partial charge is 0.329 e. The number of carbonyl (C=O) groups excluding carboxylic acids is 2. The first-order chi connectivity index (χ1) is 16.7. The molecule has 0 aromatic heterocycles. The summed E-state index contributed by atoms with van der Waals surface area (Å²) >= 11 is 6.97. The van der Waals surface area contributed by atoms with E-state index in [1.54, 1.807) is 30.3 Å². The maximum Gasteiger partial charge on any atom is 0.329 e. The molecular formula is C25H19Br2N3O5. The van der Waals surface area contributed by atoms with Crippen molar-refractivity contribution in [3.05, 3.63) is 108 Å². The molecule has 10 heteroatoms. The van der Waals surface area contributed by atoms with Gasteiger partial charge in [0.1, 0.15) is 18.1 Å². The second kappa shape index (κ2) is 10.4. The van der Waals surface area contributed by atoms with Crippen LogP contribution in [0.3, 0.4) is 0 Å². The van der Waals surface area contributed by atoms with Crippen molar-refractivity contribution in [3.63, 3.8) is 0 Å². The van der Waals surface area contributed by atoms with Gasteiger partial charge in [-0.05, 0) is 85.8 Å². The first kappa shape index (κ1) is 24.6. The molecule has 1 saturated heterocycles. The Labute approximate surface area is 218 Å². The summed E-state index contributed by atoms with van der Waals surface area (Å²) in [7, 11) is 0. The Hall–Kier alpha value is -3.50. The third kappa shape index (κ3) is 5.77. The number of nitro benzene ring substituents is 1. The average Bonchev–Trinajstić information content (AvgIpc) is 3.07. The quantitative estimate of drug-likeness (QED) is 0.153. The van der Waals surface area contributed by atoms with Gasteiger partial charge in [0.05, 0.1) is 20.4 Å². The molecule has 0 unspecified atom stereocenters. The topological polar surface area (TPSA) is 102 Å². The molecular weight excluding hydrogens is 582 g/mol. The highest BCUT2D eigenvalue weighted by Gasteiger charge is 2.33. The summed E-state index contributed by atoms with van der Waals surface area (Å²) in [6.07, 6.45) is 1.60. The van der Waals surface area contributed by atoms with Crippen LogP contribution in [-0.2, 0) is 17.9 Å². The molecule has 0 spiro atoms. The van der Waals surface area contributed by atoms with E-state index in [0.717, 1.165) is 16.7 Å². The first-order valence-electron chi connectivity index (χ1n) is 10.5.